The standard InChI is InChI=1S/C16H22N4/c1-2-14(11-17-8-1)12-18-10-13-3-5-15(6-4-13)16-7-9-19-20-16/h3-7,9,14,17-18H,1-2,8,10-12H2,(H,19,20). The second kappa shape index (κ2) is 6.68. The van der Waals surface area contributed by atoms with Gasteiger partial charge in [0.1, 0.15) is 0 Å². The van der Waals surface area contributed by atoms with Crippen LogP contribution in [0, 0.1) is 5.92 Å². The molecule has 1 fully saturated rings. The van der Waals surface area contributed by atoms with Crippen LogP contribution in [0.2, 0.25) is 0 Å². The molecule has 0 saturated carbocycles. The Hall–Kier alpha value is -1.65. The van der Waals surface area contributed by atoms with Gasteiger partial charge >= 0.3 is 0 Å². The minimum absolute atomic E-state index is 0.785. The molecule has 2 heterocycles. The second-order valence-electron chi connectivity index (χ2n) is 5.51. The first-order valence-electron chi connectivity index (χ1n) is 7.42. The highest BCUT2D eigenvalue weighted by atomic mass is 15.1. The number of nitrogens with zero attached hydrogens (tertiary/aromatic N) is 1. The largest absolute Gasteiger partial charge is 0.316 e. The van der Waals surface area contributed by atoms with Gasteiger partial charge in [-0.1, -0.05) is 24.3 Å². The SMILES string of the molecule is c1cc(-c2ccc(CNCC3CCCNC3)cc2)[nH]n1. The maximum absolute atomic E-state index is 3.98. The van der Waals surface area contributed by atoms with Crippen LogP contribution in [0.4, 0.5) is 0 Å². The summed E-state index contributed by atoms with van der Waals surface area (Å²) in [6.45, 7) is 4.40. The van der Waals surface area contributed by atoms with Crippen molar-refractivity contribution in [2.24, 2.45) is 5.92 Å². The Balaban J connectivity index is 1.48. The lowest BCUT2D eigenvalue weighted by molar-refractivity contribution is 0.360. The molecule has 106 valence electrons. The summed E-state index contributed by atoms with van der Waals surface area (Å²) in [6, 6.07) is 10.6. The molecule has 4 nitrogen and oxygen atoms in total. The van der Waals surface area contributed by atoms with Crippen molar-refractivity contribution in [2.45, 2.75) is 19.4 Å². The van der Waals surface area contributed by atoms with E-state index in [0.717, 1.165) is 31.2 Å². The normalized spacial score (nSPS) is 19.1. The van der Waals surface area contributed by atoms with Gasteiger partial charge in [0, 0.05) is 12.7 Å². The molecule has 1 aliphatic heterocycles. The molecule has 0 bridgehead atoms. The molecular weight excluding hydrogens is 248 g/mol. The predicted molar refractivity (Wildman–Crippen MR) is 81.3 cm³/mol. The molecule has 3 N–H and O–H groups in total. The highest BCUT2D eigenvalue weighted by Gasteiger charge is 2.11. The zero-order valence-electron chi connectivity index (χ0n) is 11.7. The van der Waals surface area contributed by atoms with Crippen LogP contribution in [-0.2, 0) is 6.54 Å². The fourth-order valence-electron chi connectivity index (χ4n) is 2.74. The Morgan fingerprint density at radius 1 is 1.20 bits per heavy atom. The maximum atomic E-state index is 3.98. The summed E-state index contributed by atoms with van der Waals surface area (Å²) < 4.78 is 0. The molecule has 1 atom stereocenters. The molecule has 3 rings (SSSR count). The Morgan fingerprint density at radius 3 is 2.80 bits per heavy atom. The first-order chi connectivity index (χ1) is 9.92. The van der Waals surface area contributed by atoms with Crippen LogP contribution < -0.4 is 10.6 Å². The number of rotatable bonds is 5. The number of hydrogen-bond acceptors (Lipinski definition) is 3. The van der Waals surface area contributed by atoms with Crippen LogP contribution in [-0.4, -0.2) is 29.8 Å². The number of nitrogens with one attached hydrogen (secondary N) is 3. The zero-order chi connectivity index (χ0) is 13.6. The molecule has 1 aromatic carbocycles. The molecule has 1 aromatic heterocycles. The first kappa shape index (κ1) is 13.3. The van der Waals surface area contributed by atoms with E-state index in [1.807, 2.05) is 6.07 Å². The van der Waals surface area contributed by atoms with Crippen LogP contribution >= 0.6 is 0 Å². The fourth-order valence-corrected chi connectivity index (χ4v) is 2.74. The van der Waals surface area contributed by atoms with Gasteiger partial charge in [-0.25, -0.2) is 0 Å². The Morgan fingerprint density at radius 2 is 2.10 bits per heavy atom. The lowest BCUT2D eigenvalue weighted by atomic mass is 10.00. The number of hydrogen-bond donors (Lipinski definition) is 3. The van der Waals surface area contributed by atoms with Gasteiger partial charge in [-0.05, 0) is 55.6 Å². The number of H-pyrrole nitrogens is 1. The van der Waals surface area contributed by atoms with E-state index in [-0.39, 0.29) is 0 Å². The van der Waals surface area contributed by atoms with Gasteiger partial charge in [-0.3, -0.25) is 5.10 Å². The van der Waals surface area contributed by atoms with Crippen LogP contribution in [0.1, 0.15) is 18.4 Å². The number of piperidine rings is 1. The molecule has 2 aromatic rings. The quantitative estimate of drug-likeness (QED) is 0.780. The minimum Gasteiger partial charge on any atom is -0.316 e. The van der Waals surface area contributed by atoms with Gasteiger partial charge in [0.15, 0.2) is 0 Å². The van der Waals surface area contributed by atoms with Gasteiger partial charge in [-0.15, -0.1) is 0 Å². The van der Waals surface area contributed by atoms with E-state index < -0.39 is 0 Å². The summed E-state index contributed by atoms with van der Waals surface area (Å²) in [6.07, 6.45) is 4.44. The van der Waals surface area contributed by atoms with Gasteiger partial charge in [0.05, 0.1) is 5.69 Å². The summed E-state index contributed by atoms with van der Waals surface area (Å²) in [4.78, 5) is 0. The summed E-state index contributed by atoms with van der Waals surface area (Å²) in [5.41, 5.74) is 3.58. The Labute approximate surface area is 120 Å². The summed E-state index contributed by atoms with van der Waals surface area (Å²) in [5, 5.41) is 14.0. The van der Waals surface area contributed by atoms with E-state index in [1.165, 1.54) is 30.5 Å². The van der Waals surface area contributed by atoms with Crippen LogP contribution in [0.3, 0.4) is 0 Å². The monoisotopic (exact) mass is 270 g/mol. The Bertz CT molecular complexity index is 498. The summed E-state index contributed by atoms with van der Waals surface area (Å²) >= 11 is 0. The number of benzene rings is 1. The van der Waals surface area contributed by atoms with Gasteiger partial charge in [0.2, 0.25) is 0 Å². The predicted octanol–water partition coefficient (Wildman–Crippen LogP) is 2.17. The molecule has 4 heteroatoms. The summed E-state index contributed by atoms with van der Waals surface area (Å²) in [7, 11) is 0. The van der Waals surface area contributed by atoms with Gasteiger partial charge < -0.3 is 10.6 Å². The lowest BCUT2D eigenvalue weighted by Gasteiger charge is -2.23. The summed E-state index contributed by atoms with van der Waals surface area (Å²) in [5.74, 6) is 0.785. The van der Waals surface area contributed by atoms with Crippen molar-refractivity contribution in [3.05, 3.63) is 42.1 Å². The number of aromatic nitrogens is 2. The third-order valence-electron chi connectivity index (χ3n) is 3.93. The fraction of sp³-hybridized carbons (Fsp3) is 0.438. The molecular formula is C16H22N4. The number of aromatic amines is 1. The third kappa shape index (κ3) is 3.46. The molecule has 20 heavy (non-hydrogen) atoms. The van der Waals surface area contributed by atoms with E-state index in [9.17, 15) is 0 Å². The van der Waals surface area contributed by atoms with E-state index >= 15 is 0 Å². The molecule has 1 saturated heterocycles. The van der Waals surface area contributed by atoms with Gasteiger partial charge in [0.25, 0.3) is 0 Å². The van der Waals surface area contributed by atoms with Crippen molar-refractivity contribution in [2.75, 3.05) is 19.6 Å². The second-order valence-corrected chi connectivity index (χ2v) is 5.51. The van der Waals surface area contributed by atoms with Crippen molar-refractivity contribution >= 4 is 0 Å². The van der Waals surface area contributed by atoms with Crippen molar-refractivity contribution in [3.8, 4) is 11.3 Å². The maximum Gasteiger partial charge on any atom is 0.0650 e. The molecule has 1 aliphatic rings. The molecule has 0 spiro atoms. The van der Waals surface area contributed by atoms with Crippen LogP contribution in [0.25, 0.3) is 11.3 Å². The van der Waals surface area contributed by atoms with Gasteiger partial charge in [-0.2, -0.15) is 5.10 Å². The molecule has 0 radical (unpaired) electrons. The van der Waals surface area contributed by atoms with E-state index in [2.05, 4.69) is 45.1 Å². The highest BCUT2D eigenvalue weighted by Crippen LogP contribution is 2.16. The third-order valence-corrected chi connectivity index (χ3v) is 3.93. The average molecular weight is 270 g/mol. The highest BCUT2D eigenvalue weighted by molar-refractivity contribution is 5.58. The smallest absolute Gasteiger partial charge is 0.0650 e. The van der Waals surface area contributed by atoms with Crippen molar-refractivity contribution in [1.82, 2.24) is 20.8 Å². The van der Waals surface area contributed by atoms with E-state index in [1.54, 1.807) is 6.20 Å². The first-order valence-corrected chi connectivity index (χ1v) is 7.42. The topological polar surface area (TPSA) is 52.7 Å². The molecule has 1 unspecified atom stereocenters. The average Bonchev–Trinajstić information content (AvgIpc) is 3.03. The van der Waals surface area contributed by atoms with Crippen LogP contribution in [0.5, 0.6) is 0 Å². The molecule has 0 aliphatic carbocycles. The Kier molecular flexibility index (Phi) is 4.46. The zero-order valence-corrected chi connectivity index (χ0v) is 11.7. The van der Waals surface area contributed by atoms with Crippen molar-refractivity contribution < 1.29 is 0 Å². The van der Waals surface area contributed by atoms with Crippen molar-refractivity contribution in [3.63, 3.8) is 0 Å². The van der Waals surface area contributed by atoms with E-state index in [4.69, 9.17) is 0 Å². The van der Waals surface area contributed by atoms with Crippen molar-refractivity contribution in [1.29, 1.82) is 0 Å². The lowest BCUT2D eigenvalue weighted by Crippen LogP contribution is -2.35. The van der Waals surface area contributed by atoms with Crippen LogP contribution in [0.15, 0.2) is 36.5 Å². The van der Waals surface area contributed by atoms with E-state index in [0.29, 0.717) is 0 Å². The minimum atomic E-state index is 0.785. The molecule has 0 amide bonds.